The van der Waals surface area contributed by atoms with Crippen LogP contribution in [-0.2, 0) is 5.41 Å². The average molecular weight is 377 g/mol. The van der Waals surface area contributed by atoms with Crippen LogP contribution in [0.25, 0.3) is 0 Å². The lowest BCUT2D eigenvalue weighted by molar-refractivity contribution is 0.0732. The summed E-state index contributed by atoms with van der Waals surface area (Å²) in [5, 5.41) is 0. The van der Waals surface area contributed by atoms with E-state index in [1.165, 1.54) is 0 Å². The fourth-order valence-corrected chi connectivity index (χ4v) is 2.55. The topological polar surface area (TPSA) is 35.5 Å². The van der Waals surface area contributed by atoms with Gasteiger partial charge in [0.2, 0.25) is 0 Å². The summed E-state index contributed by atoms with van der Waals surface area (Å²) in [7, 11) is 0. The molecule has 0 aliphatic carbocycles. The van der Waals surface area contributed by atoms with E-state index in [9.17, 15) is 4.79 Å². The maximum Gasteiger partial charge on any atom is 0.343 e. The van der Waals surface area contributed by atoms with Crippen LogP contribution < -0.4 is 9.47 Å². The number of carbonyl (C=O) groups is 1. The Balaban J connectivity index is 2.23. The molecule has 0 aromatic heterocycles. The molecule has 2 aromatic rings. The second kappa shape index (κ2) is 7.18. The van der Waals surface area contributed by atoms with Crippen molar-refractivity contribution in [2.45, 2.75) is 33.1 Å². The maximum absolute atomic E-state index is 12.4. The quantitative estimate of drug-likeness (QED) is 0.531. The highest BCUT2D eigenvalue weighted by molar-refractivity contribution is 9.10. The summed E-state index contributed by atoms with van der Waals surface area (Å²) in [6.45, 7) is 8.77. The molecule has 4 heteroatoms. The van der Waals surface area contributed by atoms with E-state index in [0.29, 0.717) is 17.9 Å². The normalized spacial score (nSPS) is 11.2. The van der Waals surface area contributed by atoms with Gasteiger partial charge in [0.05, 0.1) is 12.2 Å². The summed E-state index contributed by atoms with van der Waals surface area (Å²) in [5.74, 6) is 0.948. The minimum absolute atomic E-state index is 0.127. The molecule has 0 amide bonds. The van der Waals surface area contributed by atoms with E-state index >= 15 is 0 Å². The monoisotopic (exact) mass is 376 g/mol. The standard InChI is InChI=1S/C19H21BrO3/c1-5-22-15-9-6-13(7-10-15)18(21)23-17-11-8-14(20)12-16(17)19(2,3)4/h6-12H,5H2,1-4H3. The minimum atomic E-state index is -0.374. The number of ether oxygens (including phenoxy) is 2. The van der Waals surface area contributed by atoms with Crippen LogP contribution >= 0.6 is 15.9 Å². The molecule has 0 unspecified atom stereocenters. The van der Waals surface area contributed by atoms with Crippen LogP contribution in [0, 0.1) is 0 Å². The van der Waals surface area contributed by atoms with Crippen molar-refractivity contribution in [1.82, 2.24) is 0 Å². The molecule has 0 radical (unpaired) electrons. The van der Waals surface area contributed by atoms with Gasteiger partial charge in [0, 0.05) is 10.0 Å². The minimum Gasteiger partial charge on any atom is -0.494 e. The van der Waals surface area contributed by atoms with Gasteiger partial charge >= 0.3 is 5.97 Å². The molecule has 0 fully saturated rings. The fraction of sp³-hybridized carbons (Fsp3) is 0.316. The van der Waals surface area contributed by atoms with E-state index < -0.39 is 0 Å². The highest BCUT2D eigenvalue weighted by atomic mass is 79.9. The molecule has 0 heterocycles. The molecule has 23 heavy (non-hydrogen) atoms. The Hall–Kier alpha value is -1.81. The highest BCUT2D eigenvalue weighted by Crippen LogP contribution is 2.34. The number of halogens is 1. The van der Waals surface area contributed by atoms with E-state index in [0.717, 1.165) is 15.8 Å². The number of hydrogen-bond acceptors (Lipinski definition) is 3. The Morgan fingerprint density at radius 3 is 2.30 bits per heavy atom. The number of esters is 1. The van der Waals surface area contributed by atoms with Crippen LogP contribution in [-0.4, -0.2) is 12.6 Å². The van der Waals surface area contributed by atoms with Crippen molar-refractivity contribution in [2.24, 2.45) is 0 Å². The third-order valence-corrected chi connectivity index (χ3v) is 3.85. The lowest BCUT2D eigenvalue weighted by Gasteiger charge is -2.22. The van der Waals surface area contributed by atoms with E-state index in [-0.39, 0.29) is 11.4 Å². The summed E-state index contributed by atoms with van der Waals surface area (Å²) in [6.07, 6.45) is 0. The first-order valence-corrected chi connectivity index (χ1v) is 8.35. The summed E-state index contributed by atoms with van der Waals surface area (Å²) in [5.41, 5.74) is 1.35. The smallest absolute Gasteiger partial charge is 0.343 e. The van der Waals surface area contributed by atoms with Gasteiger partial charge in [-0.1, -0.05) is 36.7 Å². The van der Waals surface area contributed by atoms with Crippen LogP contribution in [0.1, 0.15) is 43.6 Å². The van der Waals surface area contributed by atoms with Gasteiger partial charge in [-0.2, -0.15) is 0 Å². The van der Waals surface area contributed by atoms with Gasteiger partial charge in [-0.15, -0.1) is 0 Å². The molecule has 0 saturated heterocycles. The van der Waals surface area contributed by atoms with E-state index in [1.807, 2.05) is 25.1 Å². The Labute approximate surface area is 145 Å². The fourth-order valence-electron chi connectivity index (χ4n) is 2.19. The summed E-state index contributed by atoms with van der Waals surface area (Å²) >= 11 is 3.47. The molecule has 0 spiro atoms. The lowest BCUT2D eigenvalue weighted by Crippen LogP contribution is -2.16. The maximum atomic E-state index is 12.4. The molecule has 0 aliphatic rings. The molecular formula is C19H21BrO3. The van der Waals surface area contributed by atoms with Crippen molar-refractivity contribution in [3.05, 3.63) is 58.1 Å². The molecule has 0 N–H and O–H groups in total. The Morgan fingerprint density at radius 1 is 1.09 bits per heavy atom. The first-order valence-electron chi connectivity index (χ1n) is 7.56. The largest absolute Gasteiger partial charge is 0.494 e. The molecule has 0 saturated carbocycles. The summed E-state index contributed by atoms with van der Waals surface area (Å²) in [6, 6.07) is 12.6. The zero-order valence-electron chi connectivity index (χ0n) is 13.9. The van der Waals surface area contributed by atoms with Crippen molar-refractivity contribution in [3.8, 4) is 11.5 Å². The van der Waals surface area contributed by atoms with E-state index in [2.05, 4.69) is 36.7 Å². The summed E-state index contributed by atoms with van der Waals surface area (Å²) in [4.78, 5) is 12.4. The van der Waals surface area contributed by atoms with Crippen molar-refractivity contribution >= 4 is 21.9 Å². The van der Waals surface area contributed by atoms with Gasteiger partial charge in [-0.05, 0) is 54.8 Å². The average Bonchev–Trinajstić information content (AvgIpc) is 2.49. The van der Waals surface area contributed by atoms with Gasteiger partial charge in [-0.3, -0.25) is 0 Å². The second-order valence-corrected chi connectivity index (χ2v) is 7.15. The number of rotatable bonds is 4. The highest BCUT2D eigenvalue weighted by Gasteiger charge is 2.21. The van der Waals surface area contributed by atoms with Crippen molar-refractivity contribution < 1.29 is 14.3 Å². The van der Waals surface area contributed by atoms with Crippen molar-refractivity contribution in [3.63, 3.8) is 0 Å². The van der Waals surface area contributed by atoms with Crippen LogP contribution in [0.3, 0.4) is 0 Å². The lowest BCUT2D eigenvalue weighted by atomic mass is 9.86. The SMILES string of the molecule is CCOc1ccc(C(=O)Oc2ccc(Br)cc2C(C)(C)C)cc1. The van der Waals surface area contributed by atoms with Crippen LogP contribution in [0.5, 0.6) is 11.5 Å². The second-order valence-electron chi connectivity index (χ2n) is 6.24. The Kier molecular flexibility index (Phi) is 5.47. The molecular weight excluding hydrogens is 356 g/mol. The third kappa shape index (κ3) is 4.58. The molecule has 2 rings (SSSR count). The molecule has 2 aromatic carbocycles. The zero-order chi connectivity index (χ0) is 17.0. The molecule has 3 nitrogen and oxygen atoms in total. The molecule has 0 atom stereocenters. The Morgan fingerprint density at radius 2 is 1.74 bits per heavy atom. The summed E-state index contributed by atoms with van der Waals surface area (Å²) < 4.78 is 12.0. The van der Waals surface area contributed by atoms with Crippen LogP contribution in [0.2, 0.25) is 0 Å². The first-order chi connectivity index (χ1) is 10.8. The van der Waals surface area contributed by atoms with E-state index in [1.54, 1.807) is 24.3 Å². The predicted molar refractivity (Wildman–Crippen MR) is 95.4 cm³/mol. The van der Waals surface area contributed by atoms with E-state index in [4.69, 9.17) is 9.47 Å². The number of carbonyl (C=O) groups excluding carboxylic acids is 1. The molecule has 122 valence electrons. The predicted octanol–water partition coefficient (Wildman–Crippen LogP) is 5.36. The number of hydrogen-bond donors (Lipinski definition) is 0. The zero-order valence-corrected chi connectivity index (χ0v) is 15.4. The van der Waals surface area contributed by atoms with Gasteiger partial charge < -0.3 is 9.47 Å². The van der Waals surface area contributed by atoms with Crippen LogP contribution in [0.15, 0.2) is 46.9 Å². The molecule has 0 aliphatic heterocycles. The van der Waals surface area contributed by atoms with Gasteiger partial charge in [-0.25, -0.2) is 4.79 Å². The van der Waals surface area contributed by atoms with Gasteiger partial charge in [0.15, 0.2) is 0 Å². The van der Waals surface area contributed by atoms with Gasteiger partial charge in [0.1, 0.15) is 11.5 Å². The molecule has 0 bridgehead atoms. The van der Waals surface area contributed by atoms with Crippen LogP contribution in [0.4, 0.5) is 0 Å². The number of benzene rings is 2. The van der Waals surface area contributed by atoms with Gasteiger partial charge in [0.25, 0.3) is 0 Å². The van der Waals surface area contributed by atoms with Crippen molar-refractivity contribution in [1.29, 1.82) is 0 Å². The first kappa shape index (κ1) is 17.5. The van der Waals surface area contributed by atoms with Crippen molar-refractivity contribution in [2.75, 3.05) is 6.61 Å². The third-order valence-electron chi connectivity index (χ3n) is 3.35. The Bertz CT molecular complexity index is 685.